The molecule has 42 heavy (non-hydrogen) atoms. The van der Waals surface area contributed by atoms with Crippen molar-refractivity contribution >= 4 is 12.1 Å². The summed E-state index contributed by atoms with van der Waals surface area (Å²) in [5.74, 6) is 0.163. The second-order valence-corrected chi connectivity index (χ2v) is 10.7. The van der Waals surface area contributed by atoms with Gasteiger partial charge in [0.05, 0.1) is 18.3 Å². The lowest BCUT2D eigenvalue weighted by molar-refractivity contribution is -0.127. The number of amides is 1. The second kappa shape index (κ2) is 21.5. The topological polar surface area (TPSA) is 68.7 Å². The van der Waals surface area contributed by atoms with E-state index in [-0.39, 0.29) is 17.9 Å². The van der Waals surface area contributed by atoms with E-state index in [1.165, 1.54) is 19.1 Å². The second-order valence-electron chi connectivity index (χ2n) is 10.7. The molecule has 2 unspecified atom stereocenters. The lowest BCUT2D eigenvalue weighted by atomic mass is 9.98. The largest absolute Gasteiger partial charge is 0.375 e. The number of unbranched alkanes of at least 4 members (excludes halogenated alkanes) is 1. The van der Waals surface area contributed by atoms with E-state index in [4.69, 9.17) is 10.1 Å². The molecule has 0 fully saturated rings. The number of likely N-dealkylation sites (N-methyl/N-ethyl adjacent to an activating group) is 2. The van der Waals surface area contributed by atoms with E-state index in [1.54, 1.807) is 0 Å². The van der Waals surface area contributed by atoms with E-state index in [9.17, 15) is 4.79 Å². The van der Waals surface area contributed by atoms with Gasteiger partial charge in [0.1, 0.15) is 0 Å². The molecule has 1 aliphatic rings. The minimum absolute atomic E-state index is 0.0572. The first-order valence-electron chi connectivity index (χ1n) is 15.6. The summed E-state index contributed by atoms with van der Waals surface area (Å²) in [6, 6.07) is 18.4. The summed E-state index contributed by atoms with van der Waals surface area (Å²) in [6.07, 6.45) is 7.66. The van der Waals surface area contributed by atoms with E-state index < -0.39 is 0 Å². The zero-order valence-corrected chi connectivity index (χ0v) is 27.3. The van der Waals surface area contributed by atoms with E-state index in [1.807, 2.05) is 55.4 Å². The third-order valence-corrected chi connectivity index (χ3v) is 7.11. The summed E-state index contributed by atoms with van der Waals surface area (Å²) in [5.41, 5.74) is 4.76. The van der Waals surface area contributed by atoms with Crippen LogP contribution < -0.4 is 5.32 Å². The van der Waals surface area contributed by atoms with Crippen molar-refractivity contribution in [1.29, 1.82) is 5.41 Å². The molecule has 0 saturated carbocycles. The molecule has 1 amide bonds. The summed E-state index contributed by atoms with van der Waals surface area (Å²) in [4.78, 5) is 17.5. The predicted octanol–water partition coefficient (Wildman–Crippen LogP) is 7.78. The zero-order valence-electron chi connectivity index (χ0n) is 27.3. The van der Waals surface area contributed by atoms with Gasteiger partial charge in [-0.1, -0.05) is 108 Å². The van der Waals surface area contributed by atoms with Crippen molar-refractivity contribution < 1.29 is 9.53 Å². The molecule has 2 N–H and O–H groups in total. The van der Waals surface area contributed by atoms with Gasteiger partial charge in [-0.3, -0.25) is 4.79 Å². The summed E-state index contributed by atoms with van der Waals surface area (Å²) in [5, 5.41) is 11.2. The minimum Gasteiger partial charge on any atom is -0.375 e. The molecule has 6 heteroatoms. The highest BCUT2D eigenvalue weighted by Crippen LogP contribution is 2.26. The summed E-state index contributed by atoms with van der Waals surface area (Å²) in [7, 11) is 3.95. The Labute approximate surface area is 256 Å². The van der Waals surface area contributed by atoms with Crippen LogP contribution in [-0.2, 0) is 22.7 Å². The van der Waals surface area contributed by atoms with E-state index in [0.717, 1.165) is 48.3 Å². The average molecular weight is 577 g/mol. The monoisotopic (exact) mass is 576 g/mol. The molecule has 2 atom stereocenters. The van der Waals surface area contributed by atoms with E-state index in [0.29, 0.717) is 25.3 Å². The van der Waals surface area contributed by atoms with Gasteiger partial charge < -0.3 is 25.3 Å². The number of allylic oxidation sites excluding steroid dienone is 2. The number of hydrogen-bond acceptors (Lipinski definition) is 5. The quantitative estimate of drug-likeness (QED) is 0.189. The van der Waals surface area contributed by atoms with Gasteiger partial charge in [0.25, 0.3) is 5.91 Å². The number of nitrogens with one attached hydrogen (secondary N) is 2. The number of ether oxygens (including phenoxy) is 1. The van der Waals surface area contributed by atoms with Gasteiger partial charge in [0, 0.05) is 45.1 Å². The Hall–Kier alpha value is -3.22. The Balaban J connectivity index is 0.000000978. The molecular weight excluding hydrogens is 520 g/mol. The Bertz CT molecular complexity index is 1080. The number of nitrogens with zero attached hydrogens (tertiary/aromatic N) is 2. The molecule has 0 aromatic heterocycles. The first kappa shape index (κ1) is 36.8. The van der Waals surface area contributed by atoms with Crippen LogP contribution >= 0.6 is 0 Å². The van der Waals surface area contributed by atoms with Crippen LogP contribution in [0.2, 0.25) is 0 Å². The predicted molar refractivity (Wildman–Crippen MR) is 179 cm³/mol. The standard InChI is InChI=1S/C28H38N4O2.C5H10.C3H8/c1-5-21(2)27-25(17-29)28(33)32(16-15-31(27)4)19-23-13-9-10-14-24(23)20-34-26(18-30-3)22-11-7-6-8-12-22;1-3-5-4-2;1-3-2/h6-14,17,21,26,29-30H,5,15-16,18-20H2,1-4H3;3H,1,4-5H2,2H3;3H2,1-2H3. The molecule has 0 bridgehead atoms. The molecule has 1 aliphatic heterocycles. The molecule has 1 heterocycles. The van der Waals surface area contributed by atoms with Crippen LogP contribution in [0.25, 0.3) is 0 Å². The van der Waals surface area contributed by atoms with E-state index >= 15 is 0 Å². The van der Waals surface area contributed by atoms with Gasteiger partial charge >= 0.3 is 0 Å². The minimum atomic E-state index is -0.0669. The number of hydrogen-bond donors (Lipinski definition) is 2. The van der Waals surface area contributed by atoms with Crippen LogP contribution in [0.3, 0.4) is 0 Å². The molecule has 2 aromatic carbocycles. The van der Waals surface area contributed by atoms with Crippen molar-refractivity contribution in [1.82, 2.24) is 15.1 Å². The Morgan fingerprint density at radius 2 is 1.64 bits per heavy atom. The van der Waals surface area contributed by atoms with E-state index in [2.05, 4.69) is 75.7 Å². The Morgan fingerprint density at radius 1 is 1.02 bits per heavy atom. The number of benzene rings is 2. The fourth-order valence-electron chi connectivity index (χ4n) is 4.68. The van der Waals surface area contributed by atoms with Gasteiger partial charge in [-0.15, -0.1) is 6.58 Å². The fraction of sp³-hybridized carbons (Fsp3) is 0.500. The molecule has 2 aromatic rings. The normalized spacial score (nSPS) is 14.6. The highest BCUT2D eigenvalue weighted by atomic mass is 16.5. The van der Waals surface area contributed by atoms with Crippen molar-refractivity contribution in [2.45, 2.75) is 79.6 Å². The van der Waals surface area contributed by atoms with Gasteiger partial charge in [0.15, 0.2) is 0 Å². The van der Waals surface area contributed by atoms with Crippen molar-refractivity contribution in [3.05, 3.63) is 95.2 Å². The van der Waals surface area contributed by atoms with Crippen LogP contribution in [0.5, 0.6) is 0 Å². The zero-order chi connectivity index (χ0) is 31.3. The third kappa shape index (κ3) is 11.9. The molecule has 0 radical (unpaired) electrons. The smallest absolute Gasteiger partial charge is 0.257 e. The average Bonchev–Trinajstić information content (AvgIpc) is 3.12. The number of carbonyl (C=O) groups excluding carboxylic acids is 1. The Morgan fingerprint density at radius 3 is 2.17 bits per heavy atom. The molecule has 0 saturated heterocycles. The Kier molecular flexibility index (Phi) is 18.8. The first-order chi connectivity index (χ1) is 20.3. The SMILES string of the molecule is C=CCCC.CCC.CCC(C)C1=C(C=N)C(=O)N(Cc2ccccc2COC(CNC)c2ccccc2)CCN1C. The molecule has 3 rings (SSSR count). The van der Waals surface area contributed by atoms with Gasteiger partial charge in [-0.05, 0) is 42.5 Å². The highest BCUT2D eigenvalue weighted by molar-refractivity contribution is 6.12. The summed E-state index contributed by atoms with van der Waals surface area (Å²) < 4.78 is 6.34. The van der Waals surface area contributed by atoms with Crippen LogP contribution in [-0.4, -0.2) is 55.7 Å². The molecular formula is C36H56N4O2. The van der Waals surface area contributed by atoms with Gasteiger partial charge in [-0.25, -0.2) is 0 Å². The first-order valence-corrected chi connectivity index (χ1v) is 15.6. The highest BCUT2D eigenvalue weighted by Gasteiger charge is 2.29. The molecule has 0 aliphatic carbocycles. The summed E-state index contributed by atoms with van der Waals surface area (Å²) >= 11 is 0. The van der Waals surface area contributed by atoms with Crippen LogP contribution in [0.4, 0.5) is 0 Å². The van der Waals surface area contributed by atoms with Crippen LogP contribution in [0, 0.1) is 11.3 Å². The summed E-state index contributed by atoms with van der Waals surface area (Å²) in [6.45, 7) is 17.2. The van der Waals surface area contributed by atoms with Gasteiger partial charge in [0.2, 0.25) is 0 Å². The van der Waals surface area contributed by atoms with Crippen molar-refractivity contribution in [3.8, 4) is 0 Å². The maximum atomic E-state index is 13.5. The number of rotatable bonds is 13. The van der Waals surface area contributed by atoms with Crippen molar-refractivity contribution in [2.75, 3.05) is 33.7 Å². The number of carbonyl (C=O) groups is 1. The fourth-order valence-corrected chi connectivity index (χ4v) is 4.68. The molecule has 232 valence electrons. The third-order valence-electron chi connectivity index (χ3n) is 7.11. The maximum Gasteiger partial charge on any atom is 0.257 e. The molecule has 0 spiro atoms. The lowest BCUT2D eigenvalue weighted by Crippen LogP contribution is -2.34. The maximum absolute atomic E-state index is 13.5. The van der Waals surface area contributed by atoms with Crippen molar-refractivity contribution in [3.63, 3.8) is 0 Å². The van der Waals surface area contributed by atoms with Crippen LogP contribution in [0.15, 0.2) is 78.5 Å². The van der Waals surface area contributed by atoms with Gasteiger partial charge in [-0.2, -0.15) is 0 Å². The lowest BCUT2D eigenvalue weighted by Gasteiger charge is -2.26. The molecule has 6 nitrogen and oxygen atoms in total. The van der Waals surface area contributed by atoms with Crippen molar-refractivity contribution in [2.24, 2.45) is 5.92 Å². The van der Waals surface area contributed by atoms with Crippen LogP contribution in [0.1, 0.15) is 83.1 Å².